The number of aromatic nitrogens is 2. The van der Waals surface area contributed by atoms with Crippen LogP contribution in [0.1, 0.15) is 17.3 Å². The topological polar surface area (TPSA) is 65.2 Å². The first-order valence-corrected chi connectivity index (χ1v) is 6.74. The van der Waals surface area contributed by atoms with Crippen LogP contribution in [0.4, 0.5) is 0 Å². The quantitative estimate of drug-likeness (QED) is 0.618. The minimum Gasteiger partial charge on any atom is -0.469 e. The molecule has 0 aliphatic rings. The maximum absolute atomic E-state index is 11.1. The van der Waals surface area contributed by atoms with Gasteiger partial charge in [0, 0.05) is 4.90 Å². The van der Waals surface area contributed by atoms with Crippen LogP contribution in [0.3, 0.4) is 0 Å². The molecular formula is C13H14N2O3S. The second-order valence-electron chi connectivity index (χ2n) is 3.91. The smallest absolute Gasteiger partial charge is 0.315 e. The zero-order chi connectivity index (χ0) is 13.7. The zero-order valence-electron chi connectivity index (χ0n) is 10.8. The molecule has 0 saturated carbocycles. The summed E-state index contributed by atoms with van der Waals surface area (Å²) in [5.41, 5.74) is 1.21. The summed E-state index contributed by atoms with van der Waals surface area (Å²) in [7, 11) is 1.33. The van der Waals surface area contributed by atoms with Crippen molar-refractivity contribution < 1.29 is 14.1 Å². The fourth-order valence-electron chi connectivity index (χ4n) is 1.48. The minimum absolute atomic E-state index is 0.0124. The summed E-state index contributed by atoms with van der Waals surface area (Å²) < 4.78 is 9.52. The molecule has 0 spiro atoms. The van der Waals surface area contributed by atoms with E-state index in [1.807, 2.05) is 12.1 Å². The largest absolute Gasteiger partial charge is 0.469 e. The number of esters is 1. The highest BCUT2D eigenvalue weighted by Gasteiger charge is 2.11. The molecule has 1 aromatic carbocycles. The van der Waals surface area contributed by atoms with E-state index < -0.39 is 0 Å². The molecule has 0 bridgehead atoms. The number of carbonyl (C=O) groups is 1. The second-order valence-corrected chi connectivity index (χ2v) is 4.93. The predicted molar refractivity (Wildman–Crippen MR) is 70.8 cm³/mol. The fourth-order valence-corrected chi connectivity index (χ4v) is 2.35. The van der Waals surface area contributed by atoms with Crippen molar-refractivity contribution in [1.82, 2.24) is 10.1 Å². The summed E-state index contributed by atoms with van der Waals surface area (Å²) in [6.45, 7) is 2.06. The van der Waals surface area contributed by atoms with Crippen LogP contribution in [0.2, 0.25) is 0 Å². The first-order valence-electron chi connectivity index (χ1n) is 5.75. The van der Waals surface area contributed by atoms with Gasteiger partial charge in [0.2, 0.25) is 5.89 Å². The van der Waals surface area contributed by atoms with Gasteiger partial charge in [0.15, 0.2) is 5.82 Å². The number of hydrogen-bond acceptors (Lipinski definition) is 6. The van der Waals surface area contributed by atoms with Gasteiger partial charge in [-0.2, -0.15) is 4.98 Å². The summed E-state index contributed by atoms with van der Waals surface area (Å²) in [4.78, 5) is 16.4. The Balaban J connectivity index is 1.94. The Labute approximate surface area is 115 Å². The number of nitrogens with zero attached hydrogens (tertiary/aromatic N) is 2. The summed E-state index contributed by atoms with van der Waals surface area (Å²) in [5, 5.41) is 3.83. The molecule has 1 aromatic heterocycles. The SMILES string of the molecule is COC(=O)Cc1nc(CSc2ccccc2C)no1. The van der Waals surface area contributed by atoms with Crippen LogP contribution < -0.4 is 0 Å². The maximum atomic E-state index is 11.1. The molecule has 19 heavy (non-hydrogen) atoms. The van der Waals surface area contributed by atoms with Crippen molar-refractivity contribution in [2.75, 3.05) is 7.11 Å². The number of thioether (sulfide) groups is 1. The third-order valence-electron chi connectivity index (χ3n) is 2.48. The van der Waals surface area contributed by atoms with Gasteiger partial charge in [-0.15, -0.1) is 11.8 Å². The molecule has 5 nitrogen and oxygen atoms in total. The van der Waals surface area contributed by atoms with E-state index >= 15 is 0 Å². The van der Waals surface area contributed by atoms with Gasteiger partial charge in [-0.25, -0.2) is 0 Å². The van der Waals surface area contributed by atoms with Crippen LogP contribution in [0.15, 0.2) is 33.7 Å². The molecule has 1 heterocycles. The lowest BCUT2D eigenvalue weighted by atomic mass is 10.2. The Morgan fingerprint density at radius 3 is 2.95 bits per heavy atom. The van der Waals surface area contributed by atoms with Crippen molar-refractivity contribution >= 4 is 17.7 Å². The maximum Gasteiger partial charge on any atom is 0.315 e. The summed E-state index contributed by atoms with van der Waals surface area (Å²) in [5.74, 6) is 1.08. The molecule has 2 aromatic rings. The fraction of sp³-hybridized carbons (Fsp3) is 0.308. The van der Waals surface area contributed by atoms with Gasteiger partial charge in [-0.3, -0.25) is 4.79 Å². The van der Waals surface area contributed by atoms with E-state index in [1.165, 1.54) is 17.6 Å². The monoisotopic (exact) mass is 278 g/mol. The molecule has 0 aliphatic heterocycles. The van der Waals surface area contributed by atoms with Gasteiger partial charge in [0.1, 0.15) is 6.42 Å². The molecule has 2 rings (SSSR count). The van der Waals surface area contributed by atoms with Crippen LogP contribution in [0.25, 0.3) is 0 Å². The Bertz CT molecular complexity index is 569. The molecule has 0 aliphatic carbocycles. The van der Waals surface area contributed by atoms with Crippen molar-refractivity contribution in [3.8, 4) is 0 Å². The lowest BCUT2D eigenvalue weighted by Crippen LogP contribution is -2.04. The molecule has 0 saturated heterocycles. The third kappa shape index (κ3) is 3.82. The van der Waals surface area contributed by atoms with Gasteiger partial charge in [0.05, 0.1) is 12.9 Å². The zero-order valence-corrected chi connectivity index (χ0v) is 11.6. The number of rotatable bonds is 5. The molecule has 0 fully saturated rings. The number of benzene rings is 1. The first kappa shape index (κ1) is 13.6. The van der Waals surface area contributed by atoms with E-state index in [-0.39, 0.29) is 18.3 Å². The van der Waals surface area contributed by atoms with E-state index in [0.717, 1.165) is 0 Å². The first-order chi connectivity index (χ1) is 9.19. The van der Waals surface area contributed by atoms with E-state index in [2.05, 4.69) is 33.9 Å². The van der Waals surface area contributed by atoms with Gasteiger partial charge in [-0.05, 0) is 18.6 Å². The standard InChI is InChI=1S/C13H14N2O3S/c1-9-5-3-4-6-10(9)19-8-11-14-12(18-15-11)7-13(16)17-2/h3-6H,7-8H2,1-2H3. The molecule has 0 radical (unpaired) electrons. The van der Waals surface area contributed by atoms with Crippen molar-refractivity contribution in [1.29, 1.82) is 0 Å². The van der Waals surface area contributed by atoms with Crippen LogP contribution >= 0.6 is 11.8 Å². The average Bonchev–Trinajstić information content (AvgIpc) is 2.85. The highest BCUT2D eigenvalue weighted by molar-refractivity contribution is 7.98. The van der Waals surface area contributed by atoms with Crippen molar-refractivity contribution in [2.24, 2.45) is 0 Å². The molecule has 100 valence electrons. The van der Waals surface area contributed by atoms with E-state index in [0.29, 0.717) is 11.6 Å². The normalized spacial score (nSPS) is 10.4. The molecule has 0 atom stereocenters. The van der Waals surface area contributed by atoms with Gasteiger partial charge in [0.25, 0.3) is 0 Å². The van der Waals surface area contributed by atoms with E-state index in [9.17, 15) is 4.79 Å². The summed E-state index contributed by atoms with van der Waals surface area (Å²) in [6.07, 6.45) is 0.0124. The van der Waals surface area contributed by atoms with Crippen molar-refractivity contribution in [3.63, 3.8) is 0 Å². The summed E-state index contributed by atoms with van der Waals surface area (Å²) >= 11 is 1.64. The van der Waals surface area contributed by atoms with Gasteiger partial charge >= 0.3 is 5.97 Å². The Morgan fingerprint density at radius 1 is 1.42 bits per heavy atom. The Morgan fingerprint density at radius 2 is 2.21 bits per heavy atom. The molecular weight excluding hydrogens is 264 g/mol. The van der Waals surface area contributed by atoms with Crippen LogP contribution in [-0.2, 0) is 21.7 Å². The van der Waals surface area contributed by atoms with Crippen molar-refractivity contribution in [2.45, 2.75) is 24.0 Å². The molecule has 0 amide bonds. The Kier molecular flexibility index (Phi) is 4.57. The average molecular weight is 278 g/mol. The predicted octanol–water partition coefficient (Wildman–Crippen LogP) is 2.39. The highest BCUT2D eigenvalue weighted by atomic mass is 32.2. The third-order valence-corrected chi connectivity index (χ3v) is 3.66. The van der Waals surface area contributed by atoms with Crippen LogP contribution in [-0.4, -0.2) is 23.2 Å². The lowest BCUT2D eigenvalue weighted by molar-refractivity contribution is -0.140. The molecule has 0 N–H and O–H groups in total. The number of methoxy groups -OCH3 is 1. The Hall–Kier alpha value is -1.82. The molecule has 0 unspecified atom stereocenters. The number of carbonyl (C=O) groups excluding carboxylic acids is 1. The summed E-state index contributed by atoms with van der Waals surface area (Å²) in [6, 6.07) is 8.10. The van der Waals surface area contributed by atoms with Gasteiger partial charge in [-0.1, -0.05) is 23.4 Å². The number of aryl methyl sites for hydroxylation is 1. The van der Waals surface area contributed by atoms with E-state index in [1.54, 1.807) is 11.8 Å². The van der Waals surface area contributed by atoms with Crippen molar-refractivity contribution in [3.05, 3.63) is 41.5 Å². The number of ether oxygens (including phenoxy) is 1. The minimum atomic E-state index is -0.387. The van der Waals surface area contributed by atoms with Crippen LogP contribution in [0, 0.1) is 6.92 Å². The highest BCUT2D eigenvalue weighted by Crippen LogP contribution is 2.24. The second kappa shape index (κ2) is 6.38. The van der Waals surface area contributed by atoms with E-state index in [4.69, 9.17) is 4.52 Å². The lowest BCUT2D eigenvalue weighted by Gasteiger charge is -2.01. The van der Waals surface area contributed by atoms with Gasteiger partial charge < -0.3 is 9.26 Å². The van der Waals surface area contributed by atoms with Crippen LogP contribution in [0.5, 0.6) is 0 Å². The molecule has 6 heteroatoms. The number of hydrogen-bond donors (Lipinski definition) is 0.